The van der Waals surface area contributed by atoms with Crippen molar-refractivity contribution in [3.8, 4) is 5.75 Å². The number of carbonyl (C=O) groups is 2. The van der Waals surface area contributed by atoms with Crippen molar-refractivity contribution in [3.63, 3.8) is 0 Å². The largest absolute Gasteiger partial charge is 0.492 e. The summed E-state index contributed by atoms with van der Waals surface area (Å²) in [6, 6.07) is 11.2. The van der Waals surface area contributed by atoms with Crippen molar-refractivity contribution in [2.24, 2.45) is 7.05 Å². The number of rotatable bonds is 7. The molecule has 0 aliphatic carbocycles. The topological polar surface area (TPSA) is 75.6 Å². The quantitative estimate of drug-likeness (QED) is 0.686. The molecule has 1 aromatic heterocycles. The fraction of sp³-hybridized carbons (Fsp3) is 0.478. The van der Waals surface area contributed by atoms with Crippen LogP contribution in [0.15, 0.2) is 42.6 Å². The zero-order chi connectivity index (χ0) is 21.3. The molecule has 7 heteroatoms. The second-order valence-electron chi connectivity index (χ2n) is 7.60. The molecule has 3 rings (SSSR count). The summed E-state index contributed by atoms with van der Waals surface area (Å²) in [6.45, 7) is 4.74. The van der Waals surface area contributed by atoms with Crippen LogP contribution in [0.2, 0.25) is 0 Å². The third kappa shape index (κ3) is 5.63. The van der Waals surface area contributed by atoms with Crippen molar-refractivity contribution >= 4 is 17.5 Å². The normalized spacial score (nSPS) is 15.8. The predicted molar refractivity (Wildman–Crippen MR) is 117 cm³/mol. The Morgan fingerprint density at radius 2 is 1.77 bits per heavy atom. The summed E-state index contributed by atoms with van der Waals surface area (Å²) in [5.74, 6) is -0.786. The van der Waals surface area contributed by atoms with Gasteiger partial charge in [0.25, 0.3) is 0 Å². The van der Waals surface area contributed by atoms with Crippen LogP contribution >= 0.6 is 0 Å². The van der Waals surface area contributed by atoms with Gasteiger partial charge in [-0.15, -0.1) is 0 Å². The van der Waals surface area contributed by atoms with Gasteiger partial charge in [0.1, 0.15) is 5.75 Å². The molecule has 1 aromatic carbocycles. The van der Waals surface area contributed by atoms with Crippen molar-refractivity contribution < 1.29 is 14.3 Å². The van der Waals surface area contributed by atoms with Gasteiger partial charge in [-0.05, 0) is 57.1 Å². The van der Waals surface area contributed by atoms with Crippen LogP contribution in [-0.2, 0) is 16.6 Å². The molecule has 2 heterocycles. The van der Waals surface area contributed by atoms with Gasteiger partial charge in [0.05, 0.1) is 18.3 Å². The summed E-state index contributed by atoms with van der Waals surface area (Å²) in [7, 11) is 2.01. The van der Waals surface area contributed by atoms with E-state index < -0.39 is 11.8 Å². The number of carbonyl (C=O) groups excluding carboxylic acids is 2. The van der Waals surface area contributed by atoms with E-state index in [-0.39, 0.29) is 6.04 Å². The van der Waals surface area contributed by atoms with Crippen molar-refractivity contribution in [2.75, 3.05) is 31.6 Å². The number of aryl methyl sites for hydroxylation is 1. The van der Waals surface area contributed by atoms with Crippen LogP contribution in [0.1, 0.15) is 44.3 Å². The number of aromatic nitrogens is 1. The zero-order valence-electron chi connectivity index (χ0n) is 17.9. The van der Waals surface area contributed by atoms with Crippen molar-refractivity contribution in [1.82, 2.24) is 14.8 Å². The van der Waals surface area contributed by atoms with Crippen LogP contribution in [-0.4, -0.2) is 47.5 Å². The van der Waals surface area contributed by atoms with Crippen molar-refractivity contribution in [1.29, 1.82) is 0 Å². The average molecular weight is 413 g/mol. The molecular formula is C23H32N4O3. The lowest BCUT2D eigenvalue weighted by atomic mass is 10.1. The van der Waals surface area contributed by atoms with Gasteiger partial charge in [-0.1, -0.05) is 25.0 Å². The minimum atomic E-state index is -0.691. The Hall–Kier alpha value is -2.80. The Labute approximate surface area is 178 Å². The highest BCUT2D eigenvalue weighted by Gasteiger charge is 2.25. The van der Waals surface area contributed by atoms with Crippen LogP contribution in [0.25, 0.3) is 0 Å². The third-order valence-corrected chi connectivity index (χ3v) is 5.50. The lowest BCUT2D eigenvalue weighted by molar-refractivity contribution is -0.136. The number of hydrogen-bond acceptors (Lipinski definition) is 4. The molecule has 162 valence electrons. The summed E-state index contributed by atoms with van der Waals surface area (Å²) < 4.78 is 7.60. The maximum Gasteiger partial charge on any atom is 0.313 e. The van der Waals surface area contributed by atoms with Crippen LogP contribution < -0.4 is 15.4 Å². The van der Waals surface area contributed by atoms with Gasteiger partial charge in [0, 0.05) is 25.5 Å². The van der Waals surface area contributed by atoms with E-state index in [2.05, 4.69) is 26.2 Å². The Morgan fingerprint density at radius 3 is 2.43 bits per heavy atom. The summed E-state index contributed by atoms with van der Waals surface area (Å²) in [5, 5.41) is 5.50. The number of nitrogens with one attached hydrogen (secondary N) is 2. The maximum absolute atomic E-state index is 12.5. The SMILES string of the molecule is CCOc1ccccc1NC(=O)C(=O)NCC(c1cccn1C)N1CCCCCC1. The van der Waals surface area contributed by atoms with Gasteiger partial charge in [0.2, 0.25) is 0 Å². The Morgan fingerprint density at radius 1 is 1.03 bits per heavy atom. The summed E-state index contributed by atoms with van der Waals surface area (Å²) in [6.07, 6.45) is 6.81. The molecule has 0 saturated carbocycles. The Bertz CT molecular complexity index is 840. The third-order valence-electron chi connectivity index (χ3n) is 5.50. The molecule has 1 aliphatic heterocycles. The highest BCUT2D eigenvalue weighted by Crippen LogP contribution is 2.25. The summed E-state index contributed by atoms with van der Waals surface area (Å²) >= 11 is 0. The monoisotopic (exact) mass is 412 g/mol. The first kappa shape index (κ1) is 21.9. The van der Waals surface area contributed by atoms with Crippen LogP contribution in [0, 0.1) is 0 Å². The van der Waals surface area contributed by atoms with Gasteiger partial charge >= 0.3 is 11.8 Å². The van der Waals surface area contributed by atoms with E-state index in [1.54, 1.807) is 18.2 Å². The first-order chi connectivity index (χ1) is 14.6. The molecule has 2 aromatic rings. The Kier molecular flexibility index (Phi) is 7.90. The second kappa shape index (κ2) is 10.8. The standard InChI is InChI=1S/C23H32N4O3/c1-3-30-21-13-7-6-11-18(21)25-23(29)22(28)24-17-20(19-12-10-14-26(19)2)27-15-8-4-5-9-16-27/h6-7,10-14,20H,3-5,8-9,15-17H2,1-2H3,(H,24,28)(H,25,29). The van der Waals surface area contributed by atoms with Gasteiger partial charge in [-0.3, -0.25) is 14.5 Å². The minimum absolute atomic E-state index is 0.0376. The van der Waals surface area contributed by atoms with E-state index in [1.165, 1.54) is 12.8 Å². The number of nitrogens with zero attached hydrogens (tertiary/aromatic N) is 2. The number of amides is 2. The Balaban J connectivity index is 1.65. The lowest BCUT2D eigenvalue weighted by Crippen LogP contribution is -2.43. The lowest BCUT2D eigenvalue weighted by Gasteiger charge is -2.31. The molecule has 0 spiro atoms. The summed E-state index contributed by atoms with van der Waals surface area (Å²) in [4.78, 5) is 27.4. The number of hydrogen-bond donors (Lipinski definition) is 2. The molecule has 0 bridgehead atoms. The zero-order valence-corrected chi connectivity index (χ0v) is 17.9. The highest BCUT2D eigenvalue weighted by atomic mass is 16.5. The van der Waals surface area contributed by atoms with Crippen LogP contribution in [0.4, 0.5) is 5.69 Å². The second-order valence-corrected chi connectivity index (χ2v) is 7.60. The minimum Gasteiger partial charge on any atom is -0.492 e. The van der Waals surface area contributed by atoms with Crippen LogP contribution in [0.5, 0.6) is 5.75 Å². The van der Waals surface area contributed by atoms with E-state index in [1.807, 2.05) is 32.3 Å². The molecule has 7 nitrogen and oxygen atoms in total. The summed E-state index contributed by atoms with van der Waals surface area (Å²) in [5.41, 5.74) is 1.63. The predicted octanol–water partition coefficient (Wildman–Crippen LogP) is 3.10. The van der Waals surface area contributed by atoms with E-state index in [4.69, 9.17) is 4.74 Å². The first-order valence-corrected chi connectivity index (χ1v) is 10.8. The maximum atomic E-state index is 12.5. The molecule has 1 aliphatic rings. The number of likely N-dealkylation sites (tertiary alicyclic amines) is 1. The van der Waals surface area contributed by atoms with Crippen LogP contribution in [0.3, 0.4) is 0 Å². The molecule has 2 amide bonds. The smallest absolute Gasteiger partial charge is 0.313 e. The van der Waals surface area contributed by atoms with Gasteiger partial charge in [0.15, 0.2) is 0 Å². The van der Waals surface area contributed by atoms with Gasteiger partial charge in [-0.2, -0.15) is 0 Å². The van der Waals surface area contributed by atoms with Crippen molar-refractivity contribution in [2.45, 2.75) is 38.6 Å². The molecule has 2 N–H and O–H groups in total. The average Bonchev–Trinajstić information content (AvgIpc) is 2.99. The number of para-hydroxylation sites is 2. The molecule has 30 heavy (non-hydrogen) atoms. The molecular weight excluding hydrogens is 380 g/mol. The molecule has 1 saturated heterocycles. The number of anilines is 1. The van der Waals surface area contributed by atoms with E-state index in [0.717, 1.165) is 31.6 Å². The fourth-order valence-electron chi connectivity index (χ4n) is 3.95. The van der Waals surface area contributed by atoms with E-state index in [0.29, 0.717) is 24.6 Å². The van der Waals surface area contributed by atoms with Crippen molar-refractivity contribution in [3.05, 3.63) is 48.3 Å². The number of ether oxygens (including phenoxy) is 1. The molecule has 1 unspecified atom stereocenters. The van der Waals surface area contributed by atoms with Gasteiger partial charge < -0.3 is 19.9 Å². The highest BCUT2D eigenvalue weighted by molar-refractivity contribution is 6.39. The molecule has 1 fully saturated rings. The molecule has 0 radical (unpaired) electrons. The molecule has 1 atom stereocenters. The fourth-order valence-corrected chi connectivity index (χ4v) is 3.95. The van der Waals surface area contributed by atoms with E-state index >= 15 is 0 Å². The van der Waals surface area contributed by atoms with E-state index in [9.17, 15) is 9.59 Å². The number of benzene rings is 1. The van der Waals surface area contributed by atoms with Gasteiger partial charge in [-0.25, -0.2) is 0 Å². The first-order valence-electron chi connectivity index (χ1n) is 10.8.